The van der Waals surface area contributed by atoms with Gasteiger partial charge < -0.3 is 15.7 Å². The van der Waals surface area contributed by atoms with E-state index < -0.39 is 12.7 Å². The molecule has 0 amide bonds. The van der Waals surface area contributed by atoms with Crippen molar-refractivity contribution in [3.63, 3.8) is 0 Å². The molecule has 1 heterocycles. The highest BCUT2D eigenvalue weighted by Crippen LogP contribution is 2.23. The van der Waals surface area contributed by atoms with Crippen LogP contribution in [0.25, 0.3) is 0 Å². The minimum absolute atomic E-state index is 0.192. The van der Waals surface area contributed by atoms with Crippen molar-refractivity contribution >= 4 is 5.96 Å². The molecule has 0 aromatic carbocycles. The van der Waals surface area contributed by atoms with Crippen molar-refractivity contribution in [3.8, 4) is 0 Å². The van der Waals surface area contributed by atoms with Gasteiger partial charge in [-0.05, 0) is 64.0 Å². The van der Waals surface area contributed by atoms with Gasteiger partial charge >= 0.3 is 6.18 Å². The predicted octanol–water partition coefficient (Wildman–Crippen LogP) is 3.00. The van der Waals surface area contributed by atoms with Gasteiger partial charge in [-0.25, -0.2) is 0 Å². The largest absolute Gasteiger partial charge is 0.401 e. The Morgan fingerprint density at radius 3 is 2.44 bits per heavy atom. The Labute approximate surface area is 161 Å². The molecule has 0 aromatic heterocycles. The van der Waals surface area contributed by atoms with Crippen molar-refractivity contribution in [1.82, 2.24) is 15.5 Å². The molecule has 27 heavy (non-hydrogen) atoms. The number of nitrogens with one attached hydrogen (secondary N) is 2. The maximum absolute atomic E-state index is 12.4. The van der Waals surface area contributed by atoms with Gasteiger partial charge in [-0.2, -0.15) is 13.2 Å². The molecule has 1 aliphatic rings. The molecule has 1 atom stereocenters. The van der Waals surface area contributed by atoms with Crippen molar-refractivity contribution in [1.29, 1.82) is 0 Å². The number of halogens is 3. The molecule has 0 saturated carbocycles. The maximum atomic E-state index is 12.4. The Kier molecular flexibility index (Phi) is 11.7. The Morgan fingerprint density at radius 2 is 1.89 bits per heavy atom. The first-order chi connectivity index (χ1) is 12.9. The topological polar surface area (TPSA) is 59.9 Å². The average molecular weight is 395 g/mol. The van der Waals surface area contributed by atoms with Gasteiger partial charge in [0.2, 0.25) is 0 Å². The second-order valence-electron chi connectivity index (χ2n) is 7.44. The van der Waals surface area contributed by atoms with Gasteiger partial charge in [0.25, 0.3) is 0 Å². The summed E-state index contributed by atoms with van der Waals surface area (Å²) in [7, 11) is 0. The number of hydrogen-bond acceptors (Lipinski definition) is 3. The van der Waals surface area contributed by atoms with Crippen LogP contribution in [0.3, 0.4) is 0 Å². The zero-order valence-corrected chi connectivity index (χ0v) is 16.8. The standard InChI is InChI=1S/C19H37F3N4O/c1-3-5-17(9-13-27)14-25-18(23-4-2)24-10-6-16-7-11-26(12-8-16)15-19(20,21)22/h16-17,27H,3-15H2,1-2H3,(H2,23,24,25). The minimum Gasteiger partial charge on any atom is -0.396 e. The summed E-state index contributed by atoms with van der Waals surface area (Å²) in [6.07, 6.45) is 1.39. The van der Waals surface area contributed by atoms with Crippen LogP contribution in [0.4, 0.5) is 13.2 Å². The quantitative estimate of drug-likeness (QED) is 0.372. The maximum Gasteiger partial charge on any atom is 0.401 e. The molecular formula is C19H37F3N4O. The molecule has 1 rings (SSSR count). The number of likely N-dealkylation sites (tertiary alicyclic amines) is 1. The van der Waals surface area contributed by atoms with Crippen molar-refractivity contribution in [2.24, 2.45) is 16.8 Å². The number of aliphatic hydroxyl groups excluding tert-OH is 1. The molecule has 160 valence electrons. The third kappa shape index (κ3) is 11.4. The molecule has 3 N–H and O–H groups in total. The molecule has 1 unspecified atom stereocenters. The van der Waals surface area contributed by atoms with Crippen LogP contribution in [0.1, 0.15) is 52.4 Å². The third-order valence-corrected chi connectivity index (χ3v) is 5.04. The molecule has 0 aromatic rings. The molecule has 1 fully saturated rings. The number of alkyl halides is 3. The van der Waals surface area contributed by atoms with Crippen LogP contribution in [0.5, 0.6) is 0 Å². The first-order valence-corrected chi connectivity index (χ1v) is 10.3. The van der Waals surface area contributed by atoms with Gasteiger partial charge in [-0.3, -0.25) is 9.89 Å². The van der Waals surface area contributed by atoms with Crippen LogP contribution in [-0.4, -0.2) is 68.0 Å². The first-order valence-electron chi connectivity index (χ1n) is 10.3. The lowest BCUT2D eigenvalue weighted by molar-refractivity contribution is -0.148. The fraction of sp³-hybridized carbons (Fsp3) is 0.947. The van der Waals surface area contributed by atoms with E-state index in [0.29, 0.717) is 31.5 Å². The highest BCUT2D eigenvalue weighted by molar-refractivity contribution is 5.79. The molecule has 0 aliphatic carbocycles. The van der Waals surface area contributed by atoms with E-state index >= 15 is 0 Å². The van der Waals surface area contributed by atoms with Crippen LogP contribution in [0, 0.1) is 11.8 Å². The predicted molar refractivity (Wildman–Crippen MR) is 104 cm³/mol. The van der Waals surface area contributed by atoms with E-state index in [1.54, 1.807) is 0 Å². The van der Waals surface area contributed by atoms with Crippen LogP contribution < -0.4 is 10.6 Å². The lowest BCUT2D eigenvalue weighted by atomic mass is 9.93. The Morgan fingerprint density at radius 1 is 1.19 bits per heavy atom. The number of aliphatic imine (C=N–C) groups is 1. The van der Waals surface area contributed by atoms with Gasteiger partial charge in [-0.15, -0.1) is 0 Å². The molecule has 0 spiro atoms. The molecule has 0 bridgehead atoms. The molecule has 0 radical (unpaired) electrons. The number of hydrogen-bond donors (Lipinski definition) is 3. The summed E-state index contributed by atoms with van der Waals surface area (Å²) < 4.78 is 37.3. The number of rotatable bonds is 11. The van der Waals surface area contributed by atoms with Gasteiger partial charge in [0.15, 0.2) is 5.96 Å². The fourth-order valence-corrected chi connectivity index (χ4v) is 3.56. The number of piperidine rings is 1. The van der Waals surface area contributed by atoms with E-state index in [1.807, 2.05) is 6.92 Å². The molecule has 1 saturated heterocycles. The summed E-state index contributed by atoms with van der Waals surface area (Å²) in [5.74, 6) is 1.64. The van der Waals surface area contributed by atoms with E-state index in [0.717, 1.165) is 57.6 Å². The van der Waals surface area contributed by atoms with E-state index in [2.05, 4.69) is 22.5 Å². The highest BCUT2D eigenvalue weighted by Gasteiger charge is 2.32. The van der Waals surface area contributed by atoms with Crippen molar-refractivity contribution in [2.45, 2.75) is 58.5 Å². The summed E-state index contributed by atoms with van der Waals surface area (Å²) >= 11 is 0. The smallest absolute Gasteiger partial charge is 0.396 e. The number of guanidine groups is 1. The zero-order chi connectivity index (χ0) is 20.1. The third-order valence-electron chi connectivity index (χ3n) is 5.04. The fourth-order valence-electron chi connectivity index (χ4n) is 3.56. The first kappa shape index (κ1) is 24.0. The van der Waals surface area contributed by atoms with Gasteiger partial charge in [-0.1, -0.05) is 13.3 Å². The van der Waals surface area contributed by atoms with E-state index in [4.69, 9.17) is 5.11 Å². The van der Waals surface area contributed by atoms with Gasteiger partial charge in [0.05, 0.1) is 6.54 Å². The van der Waals surface area contributed by atoms with E-state index in [-0.39, 0.29) is 6.61 Å². The second-order valence-corrected chi connectivity index (χ2v) is 7.44. The number of nitrogens with zero attached hydrogens (tertiary/aromatic N) is 2. The summed E-state index contributed by atoms with van der Waals surface area (Å²) in [5, 5.41) is 15.7. The normalized spacial score (nSPS) is 18.5. The van der Waals surface area contributed by atoms with E-state index in [9.17, 15) is 13.2 Å². The summed E-state index contributed by atoms with van der Waals surface area (Å²) in [6, 6.07) is 0. The minimum atomic E-state index is -4.10. The molecular weight excluding hydrogens is 357 g/mol. The Hall–Kier alpha value is -1.02. The molecule has 5 nitrogen and oxygen atoms in total. The van der Waals surface area contributed by atoms with Crippen LogP contribution in [-0.2, 0) is 0 Å². The second kappa shape index (κ2) is 13.2. The van der Waals surface area contributed by atoms with Crippen LogP contribution in [0.2, 0.25) is 0 Å². The van der Waals surface area contributed by atoms with Gasteiger partial charge in [0.1, 0.15) is 0 Å². The summed E-state index contributed by atoms with van der Waals surface area (Å²) in [4.78, 5) is 6.14. The Bertz CT molecular complexity index is 404. The van der Waals surface area contributed by atoms with Gasteiger partial charge in [0, 0.05) is 26.2 Å². The zero-order valence-electron chi connectivity index (χ0n) is 16.8. The monoisotopic (exact) mass is 394 g/mol. The summed E-state index contributed by atoms with van der Waals surface area (Å²) in [6.45, 7) is 6.85. The van der Waals surface area contributed by atoms with Crippen molar-refractivity contribution < 1.29 is 18.3 Å². The Balaban J connectivity index is 2.33. The van der Waals surface area contributed by atoms with Crippen molar-refractivity contribution in [3.05, 3.63) is 0 Å². The molecule has 1 aliphatic heterocycles. The number of aliphatic hydroxyl groups is 1. The van der Waals surface area contributed by atoms with Crippen LogP contribution >= 0.6 is 0 Å². The molecule has 8 heteroatoms. The lowest BCUT2D eigenvalue weighted by Gasteiger charge is -2.32. The highest BCUT2D eigenvalue weighted by atomic mass is 19.4. The van der Waals surface area contributed by atoms with Crippen molar-refractivity contribution in [2.75, 3.05) is 45.9 Å². The lowest BCUT2D eigenvalue weighted by Crippen LogP contribution is -2.41. The van der Waals surface area contributed by atoms with E-state index in [1.165, 1.54) is 4.90 Å². The SMILES string of the molecule is CCCC(CCO)CN=C(NCC)NCCC1CCN(CC(F)(F)F)CC1. The average Bonchev–Trinajstić information content (AvgIpc) is 2.60. The van der Waals surface area contributed by atoms with Crippen LogP contribution in [0.15, 0.2) is 4.99 Å². The summed E-state index contributed by atoms with van der Waals surface area (Å²) in [5.41, 5.74) is 0.